The lowest BCUT2D eigenvalue weighted by Gasteiger charge is -2.20. The SMILES string of the molecule is CC(C)Oc1nnc(SCC(=O)Nc2c(C(C)C)cccc2C(C)C)s1. The number of aromatic nitrogens is 2. The minimum absolute atomic E-state index is 0.0356. The minimum atomic E-state index is -0.0356. The van der Waals surface area contributed by atoms with Gasteiger partial charge >= 0.3 is 0 Å². The van der Waals surface area contributed by atoms with Gasteiger partial charge in [0.2, 0.25) is 5.91 Å². The smallest absolute Gasteiger partial charge is 0.295 e. The van der Waals surface area contributed by atoms with Crippen molar-refractivity contribution in [2.75, 3.05) is 11.1 Å². The zero-order chi connectivity index (χ0) is 19.3. The van der Waals surface area contributed by atoms with Gasteiger partial charge in [-0.2, -0.15) is 0 Å². The number of ether oxygens (including phenoxy) is 1. The van der Waals surface area contributed by atoms with Crippen LogP contribution in [0.5, 0.6) is 5.19 Å². The number of benzene rings is 1. The summed E-state index contributed by atoms with van der Waals surface area (Å²) in [5.74, 6) is 0.943. The number of carbonyl (C=O) groups is 1. The Morgan fingerprint density at radius 2 is 1.73 bits per heavy atom. The van der Waals surface area contributed by atoms with E-state index in [1.165, 1.54) is 23.1 Å². The van der Waals surface area contributed by atoms with Gasteiger partial charge in [0.05, 0.1) is 11.9 Å². The summed E-state index contributed by atoms with van der Waals surface area (Å²) >= 11 is 2.74. The molecule has 0 aliphatic heterocycles. The average Bonchev–Trinajstić information content (AvgIpc) is 2.99. The Balaban J connectivity index is 2.04. The number of para-hydroxylation sites is 1. The fourth-order valence-corrected chi connectivity index (χ4v) is 4.11. The molecule has 2 rings (SSSR count). The molecule has 1 amide bonds. The maximum absolute atomic E-state index is 12.5. The molecule has 0 saturated carbocycles. The zero-order valence-corrected chi connectivity index (χ0v) is 17.8. The van der Waals surface area contributed by atoms with Gasteiger partial charge in [0, 0.05) is 5.69 Å². The topological polar surface area (TPSA) is 64.1 Å². The number of rotatable bonds is 8. The normalized spacial score (nSPS) is 11.4. The molecule has 0 atom stereocenters. The van der Waals surface area contributed by atoms with Crippen LogP contribution < -0.4 is 10.1 Å². The van der Waals surface area contributed by atoms with Crippen molar-refractivity contribution in [2.45, 2.75) is 63.8 Å². The molecule has 1 aromatic carbocycles. The van der Waals surface area contributed by atoms with E-state index in [0.29, 0.717) is 22.8 Å². The molecular weight excluding hydrogens is 366 g/mol. The van der Waals surface area contributed by atoms with Gasteiger partial charge in [-0.05, 0) is 48.1 Å². The van der Waals surface area contributed by atoms with Crippen LogP contribution in [0.4, 0.5) is 5.69 Å². The summed E-state index contributed by atoms with van der Waals surface area (Å²) in [5.41, 5.74) is 3.28. The maximum atomic E-state index is 12.5. The monoisotopic (exact) mass is 393 g/mol. The van der Waals surface area contributed by atoms with Crippen LogP contribution in [0.3, 0.4) is 0 Å². The third-order valence-electron chi connectivity index (χ3n) is 3.69. The lowest BCUT2D eigenvalue weighted by molar-refractivity contribution is -0.113. The number of amides is 1. The van der Waals surface area contributed by atoms with Gasteiger partial charge in [0.1, 0.15) is 0 Å². The molecule has 0 fully saturated rings. The summed E-state index contributed by atoms with van der Waals surface area (Å²) in [5, 5.41) is 11.7. The standard InChI is InChI=1S/C19H27N3O2S2/c1-11(2)14-8-7-9-15(12(3)4)17(14)20-16(23)10-25-19-22-21-18(26-19)24-13(5)6/h7-9,11-13H,10H2,1-6H3,(H,20,23). The van der Waals surface area contributed by atoms with E-state index in [1.54, 1.807) is 0 Å². The highest BCUT2D eigenvalue weighted by Crippen LogP contribution is 2.33. The predicted octanol–water partition coefficient (Wildman–Crippen LogP) is 5.30. The second kappa shape index (κ2) is 9.37. The Morgan fingerprint density at radius 3 is 2.27 bits per heavy atom. The van der Waals surface area contributed by atoms with E-state index in [2.05, 4.69) is 61.4 Å². The van der Waals surface area contributed by atoms with Gasteiger partial charge in [-0.3, -0.25) is 4.79 Å². The molecule has 0 saturated heterocycles. The number of thioether (sulfide) groups is 1. The molecule has 0 radical (unpaired) electrons. The van der Waals surface area contributed by atoms with Gasteiger partial charge in [-0.25, -0.2) is 0 Å². The van der Waals surface area contributed by atoms with E-state index in [0.717, 1.165) is 21.2 Å². The molecule has 0 aliphatic rings. The van der Waals surface area contributed by atoms with Gasteiger partial charge in [0.15, 0.2) is 4.34 Å². The van der Waals surface area contributed by atoms with Crippen LogP contribution >= 0.6 is 23.1 Å². The van der Waals surface area contributed by atoms with Crippen molar-refractivity contribution in [3.05, 3.63) is 29.3 Å². The number of nitrogens with zero attached hydrogens (tertiary/aromatic N) is 2. The van der Waals surface area contributed by atoms with E-state index in [9.17, 15) is 4.79 Å². The number of carbonyl (C=O) groups excluding carboxylic acids is 1. The van der Waals surface area contributed by atoms with Crippen LogP contribution in [-0.2, 0) is 4.79 Å². The number of nitrogens with one attached hydrogen (secondary N) is 1. The van der Waals surface area contributed by atoms with Gasteiger partial charge < -0.3 is 10.1 Å². The van der Waals surface area contributed by atoms with E-state index < -0.39 is 0 Å². The van der Waals surface area contributed by atoms with Gasteiger partial charge in [0.25, 0.3) is 5.19 Å². The van der Waals surface area contributed by atoms with Crippen molar-refractivity contribution in [3.63, 3.8) is 0 Å². The molecule has 1 heterocycles. The molecule has 5 nitrogen and oxygen atoms in total. The fourth-order valence-electron chi connectivity index (χ4n) is 2.50. The van der Waals surface area contributed by atoms with Crippen molar-refractivity contribution >= 4 is 34.7 Å². The molecule has 7 heteroatoms. The molecule has 0 unspecified atom stereocenters. The molecule has 142 valence electrons. The van der Waals surface area contributed by atoms with Crippen LogP contribution in [-0.4, -0.2) is 28.0 Å². The summed E-state index contributed by atoms with van der Waals surface area (Å²) in [6.45, 7) is 12.5. The summed E-state index contributed by atoms with van der Waals surface area (Å²) < 4.78 is 6.25. The fraction of sp³-hybridized carbons (Fsp3) is 0.526. The number of anilines is 1. The van der Waals surface area contributed by atoms with Crippen molar-refractivity contribution in [2.24, 2.45) is 0 Å². The Kier molecular flexibility index (Phi) is 7.46. The molecule has 0 spiro atoms. The lowest BCUT2D eigenvalue weighted by Crippen LogP contribution is -2.17. The van der Waals surface area contributed by atoms with Crippen LogP contribution in [0.2, 0.25) is 0 Å². The largest absolute Gasteiger partial charge is 0.466 e. The molecule has 26 heavy (non-hydrogen) atoms. The van der Waals surface area contributed by atoms with Crippen molar-refractivity contribution < 1.29 is 9.53 Å². The van der Waals surface area contributed by atoms with Crippen molar-refractivity contribution in [1.29, 1.82) is 0 Å². The van der Waals surface area contributed by atoms with E-state index >= 15 is 0 Å². The predicted molar refractivity (Wildman–Crippen MR) is 110 cm³/mol. The van der Waals surface area contributed by atoms with Crippen LogP contribution in [0.1, 0.15) is 64.5 Å². The first kappa shape index (κ1) is 20.7. The van der Waals surface area contributed by atoms with E-state index in [4.69, 9.17) is 4.74 Å². The highest BCUT2D eigenvalue weighted by atomic mass is 32.2. The van der Waals surface area contributed by atoms with Gasteiger partial charge in [-0.1, -0.05) is 62.8 Å². The first-order valence-electron chi connectivity index (χ1n) is 8.83. The second-order valence-electron chi connectivity index (χ2n) is 6.96. The number of hydrogen-bond donors (Lipinski definition) is 1. The third kappa shape index (κ3) is 5.71. The number of hydrogen-bond acceptors (Lipinski definition) is 6. The van der Waals surface area contributed by atoms with E-state index in [-0.39, 0.29) is 12.0 Å². The molecule has 1 aromatic heterocycles. The van der Waals surface area contributed by atoms with Crippen molar-refractivity contribution in [3.8, 4) is 5.19 Å². The minimum Gasteiger partial charge on any atom is -0.466 e. The van der Waals surface area contributed by atoms with Crippen LogP contribution in [0, 0.1) is 0 Å². The van der Waals surface area contributed by atoms with Crippen LogP contribution in [0.25, 0.3) is 0 Å². The van der Waals surface area contributed by atoms with Crippen LogP contribution in [0.15, 0.2) is 22.5 Å². The summed E-state index contributed by atoms with van der Waals surface area (Å²) in [6, 6.07) is 6.23. The Hall–Kier alpha value is -1.60. The quantitative estimate of drug-likeness (QED) is 0.616. The average molecular weight is 394 g/mol. The summed E-state index contributed by atoms with van der Waals surface area (Å²) in [7, 11) is 0. The summed E-state index contributed by atoms with van der Waals surface area (Å²) in [4.78, 5) is 12.5. The first-order chi connectivity index (χ1) is 12.3. The first-order valence-corrected chi connectivity index (χ1v) is 10.6. The molecule has 1 N–H and O–H groups in total. The highest BCUT2D eigenvalue weighted by Gasteiger charge is 2.17. The molecule has 2 aromatic rings. The maximum Gasteiger partial charge on any atom is 0.295 e. The van der Waals surface area contributed by atoms with Crippen molar-refractivity contribution in [1.82, 2.24) is 10.2 Å². The molecular formula is C19H27N3O2S2. The van der Waals surface area contributed by atoms with Gasteiger partial charge in [-0.15, -0.1) is 5.10 Å². The van der Waals surface area contributed by atoms with E-state index in [1.807, 2.05) is 13.8 Å². The Morgan fingerprint density at radius 1 is 1.12 bits per heavy atom. The molecule has 0 bridgehead atoms. The Bertz CT molecular complexity index is 716. The second-order valence-corrected chi connectivity index (χ2v) is 9.12. The summed E-state index contributed by atoms with van der Waals surface area (Å²) in [6.07, 6.45) is 0.0612. The zero-order valence-electron chi connectivity index (χ0n) is 16.2. The lowest BCUT2D eigenvalue weighted by atomic mass is 9.92. The Labute approximate surface area is 163 Å². The molecule has 0 aliphatic carbocycles. The highest BCUT2D eigenvalue weighted by molar-refractivity contribution is 8.01. The third-order valence-corrected chi connectivity index (χ3v) is 5.64.